The van der Waals surface area contributed by atoms with Gasteiger partial charge in [0.15, 0.2) is 0 Å². The van der Waals surface area contributed by atoms with Crippen LogP contribution in [0.15, 0.2) is 18.6 Å². The maximum atomic E-state index is 11.9. The molecular weight excluding hydrogens is 230 g/mol. The molecule has 98 valence electrons. The third-order valence-corrected chi connectivity index (χ3v) is 3.01. The third-order valence-electron chi connectivity index (χ3n) is 3.01. The Morgan fingerprint density at radius 3 is 3.00 bits per heavy atom. The van der Waals surface area contributed by atoms with Crippen molar-refractivity contribution in [3.05, 3.63) is 18.6 Å². The first-order valence-corrected chi connectivity index (χ1v) is 6.38. The number of carbonyl (C=O) groups is 1. The molecule has 1 amide bonds. The zero-order valence-corrected chi connectivity index (χ0v) is 10.9. The fraction of sp³-hybridized carbons (Fsp3) is 0.615. The number of rotatable bonds is 3. The molecule has 1 saturated heterocycles. The van der Waals surface area contributed by atoms with Gasteiger partial charge in [0.1, 0.15) is 6.10 Å². The highest BCUT2D eigenvalue weighted by molar-refractivity contribution is 5.78. The van der Waals surface area contributed by atoms with Gasteiger partial charge in [0, 0.05) is 24.9 Å². The molecule has 0 spiro atoms. The SMILES string of the molecule is CC(C)C(=O)N1CCCC(Oc2cnccn2)C1. The summed E-state index contributed by atoms with van der Waals surface area (Å²) >= 11 is 0. The molecule has 0 N–H and O–H groups in total. The van der Waals surface area contributed by atoms with Crippen LogP contribution in [0.25, 0.3) is 0 Å². The summed E-state index contributed by atoms with van der Waals surface area (Å²) in [6.07, 6.45) is 6.78. The second-order valence-electron chi connectivity index (χ2n) is 4.86. The molecule has 5 heteroatoms. The summed E-state index contributed by atoms with van der Waals surface area (Å²) in [5, 5.41) is 0. The first-order chi connectivity index (χ1) is 8.66. The zero-order chi connectivity index (χ0) is 13.0. The molecule has 1 aromatic heterocycles. The average molecular weight is 249 g/mol. The minimum atomic E-state index is 0.0261. The summed E-state index contributed by atoms with van der Waals surface area (Å²) in [4.78, 5) is 21.9. The van der Waals surface area contributed by atoms with E-state index in [1.54, 1.807) is 18.6 Å². The second kappa shape index (κ2) is 5.80. The highest BCUT2D eigenvalue weighted by Crippen LogP contribution is 2.17. The van der Waals surface area contributed by atoms with Gasteiger partial charge in [-0.05, 0) is 12.8 Å². The van der Waals surface area contributed by atoms with Gasteiger partial charge in [0.05, 0.1) is 12.7 Å². The molecule has 0 saturated carbocycles. The van der Waals surface area contributed by atoms with E-state index in [1.807, 2.05) is 18.7 Å². The lowest BCUT2D eigenvalue weighted by atomic mass is 10.1. The van der Waals surface area contributed by atoms with Crippen LogP contribution in [0.4, 0.5) is 0 Å². The Bertz CT molecular complexity index is 394. The largest absolute Gasteiger partial charge is 0.471 e. The molecule has 0 bridgehead atoms. The summed E-state index contributed by atoms with van der Waals surface area (Å²) in [5.41, 5.74) is 0. The number of piperidine rings is 1. The van der Waals surface area contributed by atoms with Gasteiger partial charge >= 0.3 is 0 Å². The topological polar surface area (TPSA) is 55.3 Å². The first kappa shape index (κ1) is 12.8. The maximum absolute atomic E-state index is 11.9. The molecule has 1 atom stereocenters. The Hall–Kier alpha value is -1.65. The molecule has 2 heterocycles. The Kier molecular flexibility index (Phi) is 4.12. The summed E-state index contributed by atoms with van der Waals surface area (Å²) in [7, 11) is 0. The van der Waals surface area contributed by atoms with Crippen molar-refractivity contribution < 1.29 is 9.53 Å². The van der Waals surface area contributed by atoms with Gasteiger partial charge in [0.2, 0.25) is 11.8 Å². The summed E-state index contributed by atoms with van der Waals surface area (Å²) < 4.78 is 5.75. The van der Waals surface area contributed by atoms with E-state index in [0.29, 0.717) is 12.4 Å². The fourth-order valence-corrected chi connectivity index (χ4v) is 2.12. The molecule has 1 aliphatic heterocycles. The summed E-state index contributed by atoms with van der Waals surface area (Å²) in [6, 6.07) is 0. The molecule has 1 fully saturated rings. The molecule has 1 aliphatic rings. The number of hydrogen-bond donors (Lipinski definition) is 0. The molecule has 0 aliphatic carbocycles. The van der Waals surface area contributed by atoms with Crippen molar-refractivity contribution in [1.82, 2.24) is 14.9 Å². The van der Waals surface area contributed by atoms with Gasteiger partial charge in [0.25, 0.3) is 0 Å². The van der Waals surface area contributed by atoms with Crippen LogP contribution in [0.3, 0.4) is 0 Å². The highest BCUT2D eigenvalue weighted by atomic mass is 16.5. The van der Waals surface area contributed by atoms with Gasteiger partial charge in [-0.25, -0.2) is 4.98 Å². The van der Waals surface area contributed by atoms with E-state index in [0.717, 1.165) is 19.4 Å². The van der Waals surface area contributed by atoms with E-state index in [-0.39, 0.29) is 17.9 Å². The van der Waals surface area contributed by atoms with Gasteiger partial charge in [-0.15, -0.1) is 0 Å². The quantitative estimate of drug-likeness (QED) is 0.814. The van der Waals surface area contributed by atoms with Crippen LogP contribution in [-0.2, 0) is 4.79 Å². The van der Waals surface area contributed by atoms with Crippen molar-refractivity contribution >= 4 is 5.91 Å². The fourth-order valence-electron chi connectivity index (χ4n) is 2.12. The van der Waals surface area contributed by atoms with Crippen LogP contribution in [0.1, 0.15) is 26.7 Å². The van der Waals surface area contributed by atoms with Gasteiger partial charge < -0.3 is 9.64 Å². The molecule has 0 radical (unpaired) electrons. The van der Waals surface area contributed by atoms with E-state index < -0.39 is 0 Å². The Morgan fingerprint density at radius 2 is 2.33 bits per heavy atom. The van der Waals surface area contributed by atoms with E-state index >= 15 is 0 Å². The van der Waals surface area contributed by atoms with Crippen molar-refractivity contribution in [1.29, 1.82) is 0 Å². The molecule has 2 rings (SSSR count). The lowest BCUT2D eigenvalue weighted by Gasteiger charge is -2.33. The predicted octanol–water partition coefficient (Wildman–Crippen LogP) is 1.50. The molecule has 5 nitrogen and oxygen atoms in total. The monoisotopic (exact) mass is 249 g/mol. The number of hydrogen-bond acceptors (Lipinski definition) is 4. The second-order valence-corrected chi connectivity index (χ2v) is 4.86. The van der Waals surface area contributed by atoms with Crippen LogP contribution < -0.4 is 4.74 Å². The number of amides is 1. The Balaban J connectivity index is 1.93. The first-order valence-electron chi connectivity index (χ1n) is 6.38. The lowest BCUT2D eigenvalue weighted by Crippen LogP contribution is -2.45. The van der Waals surface area contributed by atoms with E-state index in [1.165, 1.54) is 0 Å². The van der Waals surface area contributed by atoms with Crippen LogP contribution in [0.2, 0.25) is 0 Å². The highest BCUT2D eigenvalue weighted by Gasteiger charge is 2.26. The number of carbonyl (C=O) groups excluding carboxylic acids is 1. The van der Waals surface area contributed by atoms with Crippen molar-refractivity contribution in [2.45, 2.75) is 32.8 Å². The van der Waals surface area contributed by atoms with Crippen LogP contribution in [0.5, 0.6) is 5.88 Å². The van der Waals surface area contributed by atoms with Crippen molar-refractivity contribution in [2.75, 3.05) is 13.1 Å². The third kappa shape index (κ3) is 3.18. The summed E-state index contributed by atoms with van der Waals surface area (Å²) in [5.74, 6) is 0.768. The Labute approximate surface area is 107 Å². The minimum absolute atomic E-state index is 0.0261. The number of nitrogens with zero attached hydrogens (tertiary/aromatic N) is 3. The van der Waals surface area contributed by atoms with Gasteiger partial charge in [-0.1, -0.05) is 13.8 Å². The Morgan fingerprint density at radius 1 is 1.50 bits per heavy atom. The average Bonchev–Trinajstić information content (AvgIpc) is 2.39. The number of ether oxygens (including phenoxy) is 1. The normalized spacial score (nSPS) is 19.9. The van der Waals surface area contributed by atoms with E-state index in [9.17, 15) is 4.79 Å². The van der Waals surface area contributed by atoms with Crippen LogP contribution in [-0.4, -0.2) is 40.0 Å². The smallest absolute Gasteiger partial charge is 0.232 e. The zero-order valence-electron chi connectivity index (χ0n) is 10.9. The molecule has 18 heavy (non-hydrogen) atoms. The van der Waals surface area contributed by atoms with Crippen LogP contribution >= 0.6 is 0 Å². The number of aromatic nitrogens is 2. The predicted molar refractivity (Wildman–Crippen MR) is 67.1 cm³/mol. The standard InChI is InChI=1S/C13H19N3O2/c1-10(2)13(17)16-7-3-4-11(9-16)18-12-8-14-5-6-15-12/h5-6,8,10-11H,3-4,7,9H2,1-2H3. The molecule has 1 aromatic rings. The van der Waals surface area contributed by atoms with E-state index in [4.69, 9.17) is 4.74 Å². The van der Waals surface area contributed by atoms with Gasteiger partial charge in [-0.2, -0.15) is 0 Å². The van der Waals surface area contributed by atoms with Crippen molar-refractivity contribution in [3.8, 4) is 5.88 Å². The van der Waals surface area contributed by atoms with Gasteiger partial charge in [-0.3, -0.25) is 9.78 Å². The van der Waals surface area contributed by atoms with Crippen LogP contribution in [0, 0.1) is 5.92 Å². The number of likely N-dealkylation sites (tertiary alicyclic amines) is 1. The summed E-state index contributed by atoms with van der Waals surface area (Å²) in [6.45, 7) is 5.33. The molecule has 0 aromatic carbocycles. The van der Waals surface area contributed by atoms with Crippen molar-refractivity contribution in [3.63, 3.8) is 0 Å². The van der Waals surface area contributed by atoms with E-state index in [2.05, 4.69) is 9.97 Å². The molecule has 1 unspecified atom stereocenters. The maximum Gasteiger partial charge on any atom is 0.232 e. The van der Waals surface area contributed by atoms with Crippen molar-refractivity contribution in [2.24, 2.45) is 5.92 Å². The lowest BCUT2D eigenvalue weighted by molar-refractivity contribution is -0.137. The minimum Gasteiger partial charge on any atom is -0.471 e. The molecular formula is C13H19N3O2.